The van der Waals surface area contributed by atoms with Crippen molar-refractivity contribution in [3.05, 3.63) is 125 Å². The number of amides is 2. The van der Waals surface area contributed by atoms with Gasteiger partial charge in [-0.2, -0.15) is 0 Å². The number of aryl methyl sites for hydroxylation is 2. The molecule has 0 saturated heterocycles. The van der Waals surface area contributed by atoms with Crippen molar-refractivity contribution in [1.29, 1.82) is 0 Å². The lowest BCUT2D eigenvalue weighted by molar-refractivity contribution is -0.140. The van der Waals surface area contributed by atoms with Crippen molar-refractivity contribution in [1.82, 2.24) is 10.2 Å². The Hall–Kier alpha value is -4.63. The van der Waals surface area contributed by atoms with Crippen LogP contribution in [0, 0.1) is 13.8 Å². The summed E-state index contributed by atoms with van der Waals surface area (Å²) in [4.78, 5) is 29.6. The number of sulfonamides is 1. The Kier molecular flexibility index (Phi) is 10.8. The molecule has 0 aliphatic heterocycles. The molecule has 0 aliphatic carbocycles. The summed E-state index contributed by atoms with van der Waals surface area (Å²) in [7, 11) is -2.59. The first-order valence-corrected chi connectivity index (χ1v) is 16.0. The molecule has 4 aromatic rings. The molecular formula is C35H39N3O5S. The van der Waals surface area contributed by atoms with Gasteiger partial charge in [-0.05, 0) is 79.4 Å². The molecular weight excluding hydrogens is 574 g/mol. The predicted molar refractivity (Wildman–Crippen MR) is 173 cm³/mol. The van der Waals surface area contributed by atoms with Crippen LogP contribution < -0.4 is 14.4 Å². The molecule has 0 heterocycles. The number of rotatable bonds is 13. The predicted octanol–water partition coefficient (Wildman–Crippen LogP) is 5.28. The van der Waals surface area contributed by atoms with Gasteiger partial charge in [-0.1, -0.05) is 66.7 Å². The molecule has 0 bridgehead atoms. The summed E-state index contributed by atoms with van der Waals surface area (Å²) in [6.45, 7) is 5.52. The topological polar surface area (TPSA) is 96.0 Å². The minimum absolute atomic E-state index is 0.0656. The lowest BCUT2D eigenvalue weighted by Gasteiger charge is -2.34. The van der Waals surface area contributed by atoms with Gasteiger partial charge in [-0.15, -0.1) is 0 Å². The SMILES string of the molecule is CCNC(=O)[C@@H](Cc1ccccc1)N(Cc1cccc(OC)c1)C(=O)CN(c1cc(C)cc(C)c1)S(=O)(=O)c1ccccc1. The fourth-order valence-corrected chi connectivity index (χ4v) is 6.58. The molecule has 0 radical (unpaired) electrons. The zero-order valence-corrected chi connectivity index (χ0v) is 26.4. The fraction of sp³-hybridized carbons (Fsp3) is 0.257. The highest BCUT2D eigenvalue weighted by molar-refractivity contribution is 7.92. The molecule has 8 nitrogen and oxygen atoms in total. The van der Waals surface area contributed by atoms with E-state index in [0.29, 0.717) is 18.0 Å². The molecule has 0 unspecified atom stereocenters. The maximum atomic E-state index is 14.5. The molecule has 0 spiro atoms. The number of carbonyl (C=O) groups is 2. The second kappa shape index (κ2) is 14.7. The Balaban J connectivity index is 1.82. The van der Waals surface area contributed by atoms with E-state index in [4.69, 9.17) is 4.74 Å². The number of hydrogen-bond donors (Lipinski definition) is 1. The van der Waals surface area contributed by atoms with E-state index in [1.54, 1.807) is 49.6 Å². The van der Waals surface area contributed by atoms with E-state index in [1.165, 1.54) is 17.0 Å². The minimum atomic E-state index is -4.15. The lowest BCUT2D eigenvalue weighted by Crippen LogP contribution is -2.53. The van der Waals surface area contributed by atoms with Crippen LogP contribution >= 0.6 is 0 Å². The van der Waals surface area contributed by atoms with Gasteiger partial charge in [0.2, 0.25) is 11.8 Å². The van der Waals surface area contributed by atoms with Crippen molar-refractivity contribution in [2.24, 2.45) is 0 Å². The highest BCUT2D eigenvalue weighted by Crippen LogP contribution is 2.27. The summed E-state index contributed by atoms with van der Waals surface area (Å²) >= 11 is 0. The maximum Gasteiger partial charge on any atom is 0.264 e. The molecule has 0 aliphatic rings. The van der Waals surface area contributed by atoms with Crippen molar-refractivity contribution < 1.29 is 22.7 Å². The highest BCUT2D eigenvalue weighted by Gasteiger charge is 2.34. The fourth-order valence-electron chi connectivity index (χ4n) is 5.16. The number of benzene rings is 4. The van der Waals surface area contributed by atoms with E-state index in [9.17, 15) is 18.0 Å². The number of hydrogen-bond acceptors (Lipinski definition) is 5. The lowest BCUT2D eigenvalue weighted by atomic mass is 10.0. The van der Waals surface area contributed by atoms with Gasteiger partial charge in [0.05, 0.1) is 17.7 Å². The van der Waals surface area contributed by atoms with E-state index in [1.807, 2.05) is 69.3 Å². The maximum absolute atomic E-state index is 14.5. The van der Waals surface area contributed by atoms with Gasteiger partial charge in [0.25, 0.3) is 10.0 Å². The largest absolute Gasteiger partial charge is 0.497 e. The zero-order chi connectivity index (χ0) is 31.7. The molecule has 0 aromatic heterocycles. The third-order valence-electron chi connectivity index (χ3n) is 7.21. The van der Waals surface area contributed by atoms with Crippen molar-refractivity contribution >= 4 is 27.5 Å². The van der Waals surface area contributed by atoms with Crippen LogP contribution in [0.5, 0.6) is 5.75 Å². The average molecular weight is 614 g/mol. The molecule has 4 aromatic carbocycles. The first-order valence-electron chi connectivity index (χ1n) is 14.5. The minimum Gasteiger partial charge on any atom is -0.497 e. The molecule has 230 valence electrons. The monoisotopic (exact) mass is 613 g/mol. The summed E-state index contributed by atoms with van der Waals surface area (Å²) < 4.78 is 34.8. The molecule has 0 saturated carbocycles. The van der Waals surface area contributed by atoms with Crippen LogP contribution in [0.1, 0.15) is 29.2 Å². The number of nitrogens with one attached hydrogen (secondary N) is 1. The van der Waals surface area contributed by atoms with Gasteiger partial charge in [0.15, 0.2) is 0 Å². The molecule has 2 amide bonds. The van der Waals surface area contributed by atoms with E-state index in [-0.39, 0.29) is 23.8 Å². The number of carbonyl (C=O) groups excluding carboxylic acids is 2. The molecule has 1 atom stereocenters. The molecule has 9 heteroatoms. The van der Waals surface area contributed by atoms with E-state index in [2.05, 4.69) is 5.32 Å². The van der Waals surface area contributed by atoms with Crippen molar-refractivity contribution in [2.45, 2.75) is 44.7 Å². The smallest absolute Gasteiger partial charge is 0.264 e. The van der Waals surface area contributed by atoms with Crippen LogP contribution in [0.3, 0.4) is 0 Å². The Morgan fingerprint density at radius 2 is 1.43 bits per heavy atom. The molecule has 1 N–H and O–H groups in total. The average Bonchev–Trinajstić information content (AvgIpc) is 3.02. The Labute approximate surface area is 260 Å². The number of nitrogens with zero attached hydrogens (tertiary/aromatic N) is 2. The number of methoxy groups -OCH3 is 1. The van der Waals surface area contributed by atoms with Gasteiger partial charge < -0.3 is 15.0 Å². The molecule has 4 rings (SSSR count). The van der Waals surface area contributed by atoms with Crippen LogP contribution in [-0.4, -0.2) is 51.4 Å². The molecule has 0 fully saturated rings. The first-order chi connectivity index (χ1) is 21.1. The van der Waals surface area contributed by atoms with Crippen molar-refractivity contribution in [3.8, 4) is 5.75 Å². The van der Waals surface area contributed by atoms with Crippen LogP contribution in [0.2, 0.25) is 0 Å². The summed E-state index contributed by atoms with van der Waals surface area (Å²) in [5.74, 6) is -0.230. The Morgan fingerprint density at radius 3 is 2.05 bits per heavy atom. The van der Waals surface area contributed by atoms with Crippen LogP contribution in [0.4, 0.5) is 5.69 Å². The summed E-state index contributed by atoms with van der Waals surface area (Å²) in [6.07, 6.45) is 0.247. The van der Waals surface area contributed by atoms with Crippen molar-refractivity contribution in [2.75, 3.05) is 24.5 Å². The highest BCUT2D eigenvalue weighted by atomic mass is 32.2. The number of likely N-dealkylation sites (N-methyl/N-ethyl adjacent to an activating group) is 1. The Bertz CT molecular complexity index is 1660. The number of ether oxygens (including phenoxy) is 1. The second-order valence-corrected chi connectivity index (χ2v) is 12.5. The summed E-state index contributed by atoms with van der Waals surface area (Å²) in [5, 5.41) is 2.88. The summed E-state index contributed by atoms with van der Waals surface area (Å²) in [5.41, 5.74) is 3.70. The van der Waals surface area contributed by atoms with Crippen LogP contribution in [0.25, 0.3) is 0 Å². The quantitative estimate of drug-likeness (QED) is 0.221. The van der Waals surface area contributed by atoms with E-state index >= 15 is 0 Å². The van der Waals surface area contributed by atoms with Gasteiger partial charge >= 0.3 is 0 Å². The van der Waals surface area contributed by atoms with Gasteiger partial charge in [0.1, 0.15) is 18.3 Å². The van der Waals surface area contributed by atoms with E-state index in [0.717, 1.165) is 26.6 Å². The number of anilines is 1. The van der Waals surface area contributed by atoms with Crippen LogP contribution in [0.15, 0.2) is 108 Å². The third kappa shape index (κ3) is 8.05. The van der Waals surface area contributed by atoms with Gasteiger partial charge in [0, 0.05) is 19.5 Å². The van der Waals surface area contributed by atoms with E-state index < -0.39 is 28.5 Å². The molecule has 44 heavy (non-hydrogen) atoms. The standard InChI is InChI=1S/C35H39N3O5S/c1-5-36-35(40)33(23-28-13-8-6-9-14-28)37(24-29-15-12-16-31(22-29)43-4)34(39)25-38(30-20-26(2)19-27(3)21-30)44(41,42)32-17-10-7-11-18-32/h6-22,33H,5,23-25H2,1-4H3,(H,36,40)/t33-/m1/s1. The summed E-state index contributed by atoms with van der Waals surface area (Å²) in [6, 6.07) is 29.3. The zero-order valence-electron chi connectivity index (χ0n) is 25.6. The third-order valence-corrected chi connectivity index (χ3v) is 9.00. The normalized spacial score (nSPS) is 11.8. The Morgan fingerprint density at radius 1 is 0.818 bits per heavy atom. The van der Waals surface area contributed by atoms with Crippen molar-refractivity contribution in [3.63, 3.8) is 0 Å². The van der Waals surface area contributed by atoms with Gasteiger partial charge in [-0.25, -0.2) is 8.42 Å². The second-order valence-electron chi connectivity index (χ2n) is 10.6. The van der Waals surface area contributed by atoms with Crippen LogP contribution in [-0.2, 0) is 32.6 Å². The van der Waals surface area contributed by atoms with Gasteiger partial charge in [-0.3, -0.25) is 13.9 Å². The first kappa shape index (κ1) is 32.3.